The van der Waals surface area contributed by atoms with E-state index >= 15 is 0 Å². The number of rotatable bonds is 4. The Morgan fingerprint density at radius 3 is 2.24 bits per heavy atom. The molecule has 0 saturated carbocycles. The van der Waals surface area contributed by atoms with Crippen LogP contribution >= 0.6 is 11.6 Å². The van der Waals surface area contributed by atoms with Crippen molar-refractivity contribution in [1.82, 2.24) is 15.1 Å². The summed E-state index contributed by atoms with van der Waals surface area (Å²) in [6, 6.07) is 15.1. The molecule has 2 heterocycles. The number of carbonyl (C=O) groups is 3. The fourth-order valence-corrected chi connectivity index (χ4v) is 5.73. The summed E-state index contributed by atoms with van der Waals surface area (Å²) in [5, 5.41) is 3.67. The molecule has 0 spiro atoms. The molecule has 0 radical (unpaired) electrons. The summed E-state index contributed by atoms with van der Waals surface area (Å²) >= 11 is 5.93. The normalized spacial score (nSPS) is 23.7. The van der Waals surface area contributed by atoms with Gasteiger partial charge < -0.3 is 10.2 Å². The Labute approximate surface area is 198 Å². The second kappa shape index (κ2) is 8.49. The van der Waals surface area contributed by atoms with E-state index in [4.69, 9.17) is 11.6 Å². The molecule has 5 rings (SSSR count). The molecule has 33 heavy (non-hydrogen) atoms. The van der Waals surface area contributed by atoms with Crippen LogP contribution < -0.4 is 5.32 Å². The van der Waals surface area contributed by atoms with Crippen molar-refractivity contribution < 1.29 is 14.4 Å². The summed E-state index contributed by atoms with van der Waals surface area (Å²) in [7, 11) is 0. The lowest BCUT2D eigenvalue weighted by Gasteiger charge is -2.39. The van der Waals surface area contributed by atoms with Crippen LogP contribution in [0.5, 0.6) is 0 Å². The third kappa shape index (κ3) is 4.01. The van der Waals surface area contributed by atoms with Crippen molar-refractivity contribution in [2.24, 2.45) is 5.92 Å². The Morgan fingerprint density at radius 1 is 1.03 bits per heavy atom. The number of carbonyl (C=O) groups excluding carboxylic acids is 3. The third-order valence-corrected chi connectivity index (χ3v) is 7.83. The SMILES string of the molecule is C[C@]1(C2CCN(C(=O)Cc3ccc(Cl)cc3)CC2)NC(=O)N(C2Cc3ccccc3C2)C1=O. The third-order valence-electron chi connectivity index (χ3n) is 7.58. The van der Waals surface area contributed by atoms with E-state index < -0.39 is 5.54 Å². The molecule has 172 valence electrons. The van der Waals surface area contributed by atoms with Gasteiger partial charge >= 0.3 is 6.03 Å². The fourth-order valence-electron chi connectivity index (χ4n) is 5.60. The number of urea groups is 1. The van der Waals surface area contributed by atoms with E-state index in [0.29, 0.717) is 50.2 Å². The first-order valence-corrected chi connectivity index (χ1v) is 12.0. The van der Waals surface area contributed by atoms with Crippen LogP contribution in [0.15, 0.2) is 48.5 Å². The number of fused-ring (bicyclic) bond motifs is 1. The minimum Gasteiger partial charge on any atom is -0.342 e. The van der Waals surface area contributed by atoms with Crippen molar-refractivity contribution in [1.29, 1.82) is 0 Å². The first kappa shape index (κ1) is 22.0. The first-order chi connectivity index (χ1) is 15.8. The lowest BCUT2D eigenvalue weighted by molar-refractivity contribution is -0.136. The number of amides is 4. The van der Waals surface area contributed by atoms with E-state index in [-0.39, 0.29) is 29.8 Å². The molecule has 1 aliphatic carbocycles. The van der Waals surface area contributed by atoms with Gasteiger partial charge in [0.15, 0.2) is 0 Å². The van der Waals surface area contributed by atoms with Crippen molar-refractivity contribution >= 4 is 29.4 Å². The number of halogens is 1. The summed E-state index contributed by atoms with van der Waals surface area (Å²) in [5.41, 5.74) is 2.44. The Balaban J connectivity index is 1.21. The number of imide groups is 1. The number of hydrogen-bond acceptors (Lipinski definition) is 3. The predicted molar refractivity (Wildman–Crippen MR) is 126 cm³/mol. The maximum Gasteiger partial charge on any atom is 0.325 e. The second-order valence-corrected chi connectivity index (χ2v) is 10.0. The average molecular weight is 466 g/mol. The van der Waals surface area contributed by atoms with Crippen molar-refractivity contribution in [2.75, 3.05) is 13.1 Å². The van der Waals surface area contributed by atoms with Gasteiger partial charge in [-0.25, -0.2) is 4.79 Å². The van der Waals surface area contributed by atoms with E-state index in [1.165, 1.54) is 16.0 Å². The highest BCUT2D eigenvalue weighted by molar-refractivity contribution is 6.30. The minimum absolute atomic E-state index is 0.00214. The van der Waals surface area contributed by atoms with Gasteiger partial charge in [-0.1, -0.05) is 48.0 Å². The zero-order valence-electron chi connectivity index (χ0n) is 18.7. The first-order valence-electron chi connectivity index (χ1n) is 11.6. The van der Waals surface area contributed by atoms with Crippen LogP contribution in [0.2, 0.25) is 5.02 Å². The van der Waals surface area contributed by atoms with Gasteiger partial charge in [0, 0.05) is 24.2 Å². The van der Waals surface area contributed by atoms with Crippen molar-refractivity contribution in [3.8, 4) is 0 Å². The number of nitrogens with one attached hydrogen (secondary N) is 1. The molecule has 4 amide bonds. The van der Waals surface area contributed by atoms with Gasteiger partial charge in [-0.15, -0.1) is 0 Å². The maximum atomic E-state index is 13.5. The molecule has 1 N–H and O–H groups in total. The predicted octanol–water partition coefficient (Wildman–Crippen LogP) is 3.60. The quantitative estimate of drug-likeness (QED) is 0.701. The molecule has 6 nitrogen and oxygen atoms in total. The van der Waals surface area contributed by atoms with E-state index in [0.717, 1.165) is 5.56 Å². The molecular formula is C26H28ClN3O3. The molecule has 0 aromatic heterocycles. The van der Waals surface area contributed by atoms with Gasteiger partial charge in [0.2, 0.25) is 5.91 Å². The number of benzene rings is 2. The molecule has 3 aliphatic rings. The fraction of sp³-hybridized carbons (Fsp3) is 0.423. The van der Waals surface area contributed by atoms with Crippen LogP contribution in [0.4, 0.5) is 4.79 Å². The molecule has 2 aromatic rings. The van der Waals surface area contributed by atoms with Crippen LogP contribution in [0.1, 0.15) is 36.5 Å². The van der Waals surface area contributed by atoms with Crippen LogP contribution in [0, 0.1) is 5.92 Å². The highest BCUT2D eigenvalue weighted by Crippen LogP contribution is 2.36. The lowest BCUT2D eigenvalue weighted by Crippen LogP contribution is -2.55. The number of piperidine rings is 1. The van der Waals surface area contributed by atoms with E-state index in [9.17, 15) is 14.4 Å². The molecule has 7 heteroatoms. The van der Waals surface area contributed by atoms with Gasteiger partial charge in [-0.3, -0.25) is 14.5 Å². The van der Waals surface area contributed by atoms with Crippen LogP contribution in [0.3, 0.4) is 0 Å². The average Bonchev–Trinajstić information content (AvgIpc) is 3.33. The van der Waals surface area contributed by atoms with Crippen molar-refractivity contribution in [2.45, 2.75) is 50.6 Å². The van der Waals surface area contributed by atoms with Crippen LogP contribution in [-0.4, -0.2) is 52.3 Å². The zero-order valence-corrected chi connectivity index (χ0v) is 19.5. The van der Waals surface area contributed by atoms with Gasteiger partial charge in [0.1, 0.15) is 5.54 Å². The molecule has 0 unspecified atom stereocenters. The molecule has 2 fully saturated rings. The molecule has 2 saturated heterocycles. The Morgan fingerprint density at radius 2 is 1.64 bits per heavy atom. The summed E-state index contributed by atoms with van der Waals surface area (Å²) in [5.74, 6) is -0.0494. The molecule has 0 bridgehead atoms. The summed E-state index contributed by atoms with van der Waals surface area (Å²) in [4.78, 5) is 42.5. The summed E-state index contributed by atoms with van der Waals surface area (Å²) in [6.45, 7) is 3.03. The number of hydrogen-bond donors (Lipinski definition) is 1. The molecule has 1 atom stereocenters. The highest BCUT2D eigenvalue weighted by atomic mass is 35.5. The van der Waals surface area contributed by atoms with Crippen LogP contribution in [0.25, 0.3) is 0 Å². The topological polar surface area (TPSA) is 69.7 Å². The van der Waals surface area contributed by atoms with Gasteiger partial charge in [0.25, 0.3) is 5.91 Å². The number of likely N-dealkylation sites (tertiary alicyclic amines) is 1. The van der Waals surface area contributed by atoms with Crippen molar-refractivity contribution in [3.05, 3.63) is 70.2 Å². The monoisotopic (exact) mass is 465 g/mol. The molecule has 2 aliphatic heterocycles. The maximum absolute atomic E-state index is 13.5. The Kier molecular flexibility index (Phi) is 5.65. The lowest BCUT2D eigenvalue weighted by atomic mass is 9.78. The molecular weight excluding hydrogens is 438 g/mol. The van der Waals surface area contributed by atoms with E-state index in [2.05, 4.69) is 17.4 Å². The van der Waals surface area contributed by atoms with E-state index in [1.54, 1.807) is 12.1 Å². The Bertz CT molecular complexity index is 1070. The van der Waals surface area contributed by atoms with E-state index in [1.807, 2.05) is 36.1 Å². The number of nitrogens with zero attached hydrogens (tertiary/aromatic N) is 2. The van der Waals surface area contributed by atoms with Gasteiger partial charge in [-0.2, -0.15) is 0 Å². The standard InChI is InChI=1S/C26H28ClN3O3/c1-26(20-10-12-29(13-11-20)23(31)14-17-6-8-21(27)9-7-17)24(32)30(25(33)28-26)22-15-18-4-2-3-5-19(18)16-22/h2-9,20,22H,10-16H2,1H3,(H,28,33)/t26-/m1/s1. The molecule has 2 aromatic carbocycles. The smallest absolute Gasteiger partial charge is 0.325 e. The van der Waals surface area contributed by atoms with Gasteiger partial charge in [0.05, 0.1) is 6.42 Å². The van der Waals surface area contributed by atoms with Crippen LogP contribution in [-0.2, 0) is 28.9 Å². The zero-order chi connectivity index (χ0) is 23.2. The largest absolute Gasteiger partial charge is 0.342 e. The summed E-state index contributed by atoms with van der Waals surface area (Å²) < 4.78 is 0. The van der Waals surface area contributed by atoms with Crippen molar-refractivity contribution in [3.63, 3.8) is 0 Å². The summed E-state index contributed by atoms with van der Waals surface area (Å²) in [6.07, 6.45) is 3.14. The Hall–Kier alpha value is -2.86. The highest BCUT2D eigenvalue weighted by Gasteiger charge is 2.55. The minimum atomic E-state index is -0.919. The second-order valence-electron chi connectivity index (χ2n) is 9.60. The van der Waals surface area contributed by atoms with Gasteiger partial charge in [-0.05, 0) is 67.3 Å².